The first-order valence-electron chi connectivity index (χ1n) is 9.49. The van der Waals surface area contributed by atoms with Crippen molar-refractivity contribution in [3.63, 3.8) is 0 Å². The molecule has 0 aliphatic heterocycles. The Labute approximate surface area is 170 Å². The number of ketones is 1. The van der Waals surface area contributed by atoms with Crippen LogP contribution in [-0.2, 0) is 4.79 Å². The summed E-state index contributed by atoms with van der Waals surface area (Å²) in [6, 6.07) is 14.8. The molecule has 1 fully saturated rings. The topological polar surface area (TPSA) is 37.3 Å². The molecule has 2 heteroatoms. The summed E-state index contributed by atoms with van der Waals surface area (Å²) < 4.78 is 0. The molecule has 1 N–H and O–H groups in total. The van der Waals surface area contributed by atoms with Gasteiger partial charge in [0.1, 0.15) is 0 Å². The third-order valence-corrected chi connectivity index (χ3v) is 5.27. The molecule has 1 unspecified atom stereocenters. The van der Waals surface area contributed by atoms with E-state index in [1.165, 1.54) is 22.3 Å². The van der Waals surface area contributed by atoms with Crippen molar-refractivity contribution in [1.29, 1.82) is 0 Å². The minimum atomic E-state index is -0.0265. The fourth-order valence-corrected chi connectivity index (χ4v) is 3.60. The van der Waals surface area contributed by atoms with Gasteiger partial charge in [-0.3, -0.25) is 4.79 Å². The first-order valence-corrected chi connectivity index (χ1v) is 9.49. The summed E-state index contributed by atoms with van der Waals surface area (Å²) in [5.74, 6) is 0.226. The summed E-state index contributed by atoms with van der Waals surface area (Å²) in [6.07, 6.45) is 6.02. The minimum absolute atomic E-state index is 0. The van der Waals surface area contributed by atoms with E-state index in [2.05, 4.69) is 75.4 Å². The first-order chi connectivity index (χ1) is 13.0. The van der Waals surface area contributed by atoms with Crippen molar-refractivity contribution in [3.8, 4) is 0 Å². The Kier molecular flexibility index (Phi) is 9.08. The molecule has 0 heterocycles. The monoisotopic (exact) mass is 378 g/mol. The van der Waals surface area contributed by atoms with Gasteiger partial charge in [0.05, 0.1) is 0 Å². The van der Waals surface area contributed by atoms with E-state index < -0.39 is 0 Å². The second-order valence-corrected chi connectivity index (χ2v) is 7.09. The quantitative estimate of drug-likeness (QED) is 0.620. The van der Waals surface area contributed by atoms with Crippen LogP contribution in [0, 0.1) is 20.8 Å². The third-order valence-electron chi connectivity index (χ3n) is 5.27. The van der Waals surface area contributed by atoms with Gasteiger partial charge in [-0.25, -0.2) is 0 Å². The molecule has 150 valence electrons. The van der Waals surface area contributed by atoms with Crippen LogP contribution in [-0.4, -0.2) is 18.0 Å². The van der Waals surface area contributed by atoms with Crippen LogP contribution in [0.3, 0.4) is 0 Å². The molecule has 1 atom stereocenters. The summed E-state index contributed by atoms with van der Waals surface area (Å²) in [6.45, 7) is 8.35. The molecule has 0 bridgehead atoms. The van der Waals surface area contributed by atoms with Crippen molar-refractivity contribution >= 4 is 11.9 Å². The van der Waals surface area contributed by atoms with Gasteiger partial charge in [0, 0.05) is 18.6 Å². The lowest BCUT2D eigenvalue weighted by Gasteiger charge is -2.26. The second-order valence-electron chi connectivity index (χ2n) is 7.09. The van der Waals surface area contributed by atoms with Gasteiger partial charge in [0.25, 0.3) is 0 Å². The molecule has 1 aliphatic carbocycles. The van der Waals surface area contributed by atoms with Crippen LogP contribution in [0.15, 0.2) is 59.7 Å². The van der Waals surface area contributed by atoms with Gasteiger partial charge in [-0.1, -0.05) is 61.5 Å². The molecule has 3 rings (SSSR count). The Bertz CT molecular complexity index is 872. The maximum Gasteiger partial charge on any atom is 0.170 e. The molecular formula is C26H34O2. The van der Waals surface area contributed by atoms with E-state index in [1.807, 2.05) is 6.92 Å². The van der Waals surface area contributed by atoms with Gasteiger partial charge in [-0.2, -0.15) is 0 Å². The van der Waals surface area contributed by atoms with Crippen molar-refractivity contribution in [1.82, 2.24) is 0 Å². The summed E-state index contributed by atoms with van der Waals surface area (Å²) in [5, 5.41) is 7.00. The van der Waals surface area contributed by atoms with E-state index in [4.69, 9.17) is 5.11 Å². The van der Waals surface area contributed by atoms with E-state index >= 15 is 0 Å². The standard InChI is InChI=1S/C24H26O.CH4O.CH4/c1-5-20-11-12-22(21-8-6-7-16(2)13-21)24(25)23(20)15-19-10-9-17(3)18(4)14-19;1-2;/h5-10,13-15,22H,11-12H2,1-4H3;2H,1H3;1H4/b20-5-,23-15+;;. The molecule has 2 aromatic rings. The van der Waals surface area contributed by atoms with Crippen LogP contribution < -0.4 is 0 Å². The third kappa shape index (κ3) is 5.30. The van der Waals surface area contributed by atoms with Crippen LogP contribution in [0.2, 0.25) is 0 Å². The number of Topliss-reactive ketones (excluding diaryl/α,β-unsaturated/α-hetero) is 1. The molecule has 28 heavy (non-hydrogen) atoms. The van der Waals surface area contributed by atoms with Gasteiger partial charge in [-0.05, 0) is 74.4 Å². The first kappa shape index (κ1) is 23.6. The normalized spacial score (nSPS) is 19.1. The summed E-state index contributed by atoms with van der Waals surface area (Å²) in [7, 11) is 1.00. The average molecular weight is 379 g/mol. The van der Waals surface area contributed by atoms with Gasteiger partial charge < -0.3 is 5.11 Å². The number of aliphatic hydroxyl groups is 1. The number of allylic oxidation sites excluding steroid dienone is 3. The number of aryl methyl sites for hydroxylation is 3. The fourth-order valence-electron chi connectivity index (χ4n) is 3.60. The molecule has 0 aromatic heterocycles. The Morgan fingerprint density at radius 3 is 2.32 bits per heavy atom. The Balaban J connectivity index is 0.00000127. The predicted molar refractivity (Wildman–Crippen MR) is 121 cm³/mol. The van der Waals surface area contributed by atoms with Crippen LogP contribution >= 0.6 is 0 Å². The van der Waals surface area contributed by atoms with E-state index in [-0.39, 0.29) is 19.1 Å². The van der Waals surface area contributed by atoms with Gasteiger partial charge in [0.15, 0.2) is 5.78 Å². The zero-order valence-electron chi connectivity index (χ0n) is 17.0. The van der Waals surface area contributed by atoms with Crippen LogP contribution in [0.4, 0.5) is 0 Å². The Morgan fingerprint density at radius 2 is 1.71 bits per heavy atom. The predicted octanol–water partition coefficient (Wildman–Crippen LogP) is 6.33. The number of rotatable bonds is 2. The highest BCUT2D eigenvalue weighted by Crippen LogP contribution is 2.37. The molecule has 0 amide bonds. The van der Waals surface area contributed by atoms with E-state index in [9.17, 15) is 4.79 Å². The second kappa shape index (κ2) is 10.8. The number of hydrogen-bond acceptors (Lipinski definition) is 2. The number of carbonyl (C=O) groups excluding carboxylic acids is 1. The highest BCUT2D eigenvalue weighted by atomic mass is 16.2. The maximum atomic E-state index is 13.3. The lowest BCUT2D eigenvalue weighted by Crippen LogP contribution is -2.21. The van der Waals surface area contributed by atoms with E-state index in [0.717, 1.165) is 36.7 Å². The number of carbonyl (C=O) groups is 1. The van der Waals surface area contributed by atoms with Crippen molar-refractivity contribution in [2.75, 3.05) is 7.11 Å². The number of hydrogen-bond donors (Lipinski definition) is 1. The molecule has 0 saturated heterocycles. The zero-order valence-corrected chi connectivity index (χ0v) is 17.0. The molecule has 1 aliphatic rings. The van der Waals surface area contributed by atoms with Crippen molar-refractivity contribution in [3.05, 3.63) is 87.5 Å². The molecule has 0 radical (unpaired) electrons. The van der Waals surface area contributed by atoms with Crippen LogP contribution in [0.25, 0.3) is 6.08 Å². The fraction of sp³-hybridized carbons (Fsp3) is 0.346. The highest BCUT2D eigenvalue weighted by Gasteiger charge is 2.30. The lowest BCUT2D eigenvalue weighted by molar-refractivity contribution is -0.117. The Hall–Kier alpha value is -2.45. The van der Waals surface area contributed by atoms with Crippen molar-refractivity contribution in [2.24, 2.45) is 0 Å². The molecule has 2 aromatic carbocycles. The molecule has 0 spiro atoms. The van der Waals surface area contributed by atoms with Gasteiger partial charge in [-0.15, -0.1) is 0 Å². The number of benzene rings is 2. The van der Waals surface area contributed by atoms with E-state index in [1.54, 1.807) is 0 Å². The van der Waals surface area contributed by atoms with E-state index in [0.29, 0.717) is 0 Å². The van der Waals surface area contributed by atoms with Crippen molar-refractivity contribution in [2.45, 2.75) is 53.9 Å². The zero-order chi connectivity index (χ0) is 20.0. The largest absolute Gasteiger partial charge is 0.400 e. The van der Waals surface area contributed by atoms with Crippen molar-refractivity contribution < 1.29 is 9.90 Å². The van der Waals surface area contributed by atoms with Gasteiger partial charge in [0.2, 0.25) is 0 Å². The summed E-state index contributed by atoms with van der Waals surface area (Å²) in [4.78, 5) is 13.3. The molecular weight excluding hydrogens is 344 g/mol. The Morgan fingerprint density at radius 1 is 1.00 bits per heavy atom. The average Bonchev–Trinajstić information content (AvgIpc) is 2.67. The number of aliphatic hydroxyl groups excluding tert-OH is 1. The lowest BCUT2D eigenvalue weighted by atomic mass is 9.76. The smallest absolute Gasteiger partial charge is 0.170 e. The molecule has 2 nitrogen and oxygen atoms in total. The van der Waals surface area contributed by atoms with Crippen LogP contribution in [0.5, 0.6) is 0 Å². The summed E-state index contributed by atoms with van der Waals surface area (Å²) >= 11 is 0. The maximum absolute atomic E-state index is 13.3. The van der Waals surface area contributed by atoms with Gasteiger partial charge >= 0.3 is 0 Å². The summed E-state index contributed by atoms with van der Waals surface area (Å²) in [5.41, 5.74) is 8.05. The van der Waals surface area contributed by atoms with Crippen LogP contribution in [0.1, 0.15) is 60.9 Å². The molecule has 1 saturated carbocycles. The SMILES string of the molecule is C.C/C=C1/CCC(c2cccc(C)c2)C(=O)/C1=C/c1ccc(C)c(C)c1.CO. The minimum Gasteiger partial charge on any atom is -0.400 e. The highest BCUT2D eigenvalue weighted by molar-refractivity contribution is 6.08.